The molecule has 0 N–H and O–H groups in total. The fourth-order valence-corrected chi connectivity index (χ4v) is 6.89. The monoisotopic (exact) mass is 382 g/mol. The first-order valence-corrected chi connectivity index (χ1v) is 14.7. The summed E-state index contributed by atoms with van der Waals surface area (Å²) in [5.74, 6) is 0.833. The lowest BCUT2D eigenvalue weighted by Crippen LogP contribution is -2.52. The van der Waals surface area contributed by atoms with Gasteiger partial charge in [0.2, 0.25) is 0 Å². The van der Waals surface area contributed by atoms with Gasteiger partial charge in [-0.1, -0.05) is 105 Å². The normalized spacial score (nSPS) is 13.0. The largest absolute Gasteiger partial charge is 0.515 e. The van der Waals surface area contributed by atoms with Crippen LogP contribution in [-0.4, -0.2) is 15.0 Å². The molecule has 0 spiro atoms. The van der Waals surface area contributed by atoms with E-state index in [-0.39, 0.29) is 5.04 Å². The molecule has 2 rings (SSSR count). The van der Waals surface area contributed by atoms with Crippen LogP contribution in [0.1, 0.15) is 20.8 Å². The summed E-state index contributed by atoms with van der Waals surface area (Å²) in [6, 6.07) is 17.9. The van der Waals surface area contributed by atoms with Gasteiger partial charge >= 0.3 is 6.94 Å². The van der Waals surface area contributed by atoms with Gasteiger partial charge in [0.05, 0.1) is 8.07 Å². The first-order valence-electron chi connectivity index (χ1n) is 7.77. The van der Waals surface area contributed by atoms with Crippen molar-refractivity contribution in [3.63, 3.8) is 0 Å². The van der Waals surface area contributed by atoms with E-state index in [1.807, 2.05) is 42.5 Å². The molecule has 0 heterocycles. The minimum absolute atomic E-state index is 0.210. The lowest BCUT2D eigenvalue weighted by molar-refractivity contribution is 0.593. The Bertz CT molecular complexity index is 664. The third kappa shape index (κ3) is 4.02. The van der Waals surface area contributed by atoms with E-state index in [9.17, 15) is 0 Å². The third-order valence-corrected chi connectivity index (χ3v) is 13.5. The topological polar surface area (TPSA) is 9.23 Å². The molecule has 2 aromatic carbocycles. The standard InChI is InChI=1S/C18H24Cl2OSi2/c1-18(2,3)22(4,5)17-14-10-9-13-16(17)21-23(19,20)15-11-7-6-8-12-15/h6-14H,1-5H3. The summed E-state index contributed by atoms with van der Waals surface area (Å²) in [5.41, 5.74) is 0. The minimum atomic E-state index is -3.02. The second-order valence-electron chi connectivity index (χ2n) is 7.36. The van der Waals surface area contributed by atoms with Crippen molar-refractivity contribution in [2.24, 2.45) is 0 Å². The summed E-state index contributed by atoms with van der Waals surface area (Å²) in [6.07, 6.45) is 0. The first-order chi connectivity index (χ1) is 10.6. The number of benzene rings is 2. The molecule has 0 amide bonds. The smallest absolute Gasteiger partial charge is 0.484 e. The summed E-state index contributed by atoms with van der Waals surface area (Å²) in [6.45, 7) is 8.58. The molecule has 0 aliphatic carbocycles. The molecule has 124 valence electrons. The molecule has 2 aromatic rings. The molecule has 0 atom stereocenters. The molecule has 1 nitrogen and oxygen atoms in total. The van der Waals surface area contributed by atoms with E-state index in [1.165, 1.54) is 5.19 Å². The second-order valence-corrected chi connectivity index (χ2v) is 18.2. The van der Waals surface area contributed by atoms with Crippen LogP contribution >= 0.6 is 22.2 Å². The molecular formula is C18H24Cl2OSi2. The van der Waals surface area contributed by atoms with E-state index >= 15 is 0 Å². The van der Waals surface area contributed by atoms with Crippen LogP contribution in [0.3, 0.4) is 0 Å². The summed E-state index contributed by atoms with van der Waals surface area (Å²) >= 11 is 13.3. The number of hydrogen-bond acceptors (Lipinski definition) is 1. The molecule has 0 saturated carbocycles. The van der Waals surface area contributed by atoms with Gasteiger partial charge in [0, 0.05) is 5.19 Å². The van der Waals surface area contributed by atoms with Gasteiger partial charge in [-0.05, 0) is 16.3 Å². The van der Waals surface area contributed by atoms with E-state index in [0.29, 0.717) is 0 Å². The SMILES string of the molecule is CC(C)(C)[Si](C)(C)c1ccccc1O[Si](Cl)(Cl)c1ccccc1. The predicted molar refractivity (Wildman–Crippen MR) is 107 cm³/mol. The van der Waals surface area contributed by atoms with Crippen LogP contribution in [0.25, 0.3) is 0 Å². The van der Waals surface area contributed by atoms with Crippen LogP contribution in [0.15, 0.2) is 54.6 Å². The third-order valence-electron chi connectivity index (χ3n) is 4.78. The Kier molecular flexibility index (Phi) is 5.36. The van der Waals surface area contributed by atoms with Gasteiger partial charge in [-0.15, -0.1) is 0 Å². The van der Waals surface area contributed by atoms with Crippen LogP contribution in [0.4, 0.5) is 0 Å². The lowest BCUT2D eigenvalue weighted by atomic mass is 10.2. The van der Waals surface area contributed by atoms with Gasteiger partial charge in [-0.2, -0.15) is 0 Å². The highest BCUT2D eigenvalue weighted by atomic mass is 35.7. The number of para-hydroxylation sites is 1. The van der Waals surface area contributed by atoms with Crippen molar-refractivity contribution in [2.75, 3.05) is 0 Å². The summed E-state index contributed by atoms with van der Waals surface area (Å²) in [4.78, 5) is 0. The van der Waals surface area contributed by atoms with E-state index in [2.05, 4.69) is 46.0 Å². The van der Waals surface area contributed by atoms with Gasteiger partial charge in [0.1, 0.15) is 5.75 Å². The average Bonchev–Trinajstić information content (AvgIpc) is 2.47. The fraction of sp³-hybridized carbons (Fsp3) is 0.333. The van der Waals surface area contributed by atoms with Crippen LogP contribution in [0.2, 0.25) is 18.1 Å². The van der Waals surface area contributed by atoms with Gasteiger partial charge < -0.3 is 4.43 Å². The van der Waals surface area contributed by atoms with Crippen molar-refractivity contribution < 1.29 is 4.43 Å². The summed E-state index contributed by atoms with van der Waals surface area (Å²) in [5, 5.41) is 2.34. The average molecular weight is 383 g/mol. The van der Waals surface area contributed by atoms with Crippen LogP contribution in [0.5, 0.6) is 5.75 Å². The van der Waals surface area contributed by atoms with Crippen molar-refractivity contribution in [3.8, 4) is 5.75 Å². The molecule has 0 fully saturated rings. The highest BCUT2D eigenvalue weighted by molar-refractivity contribution is 7.48. The Morgan fingerprint density at radius 3 is 1.91 bits per heavy atom. The first kappa shape index (κ1) is 18.6. The van der Waals surface area contributed by atoms with Crippen LogP contribution < -0.4 is 14.8 Å². The van der Waals surface area contributed by atoms with Crippen molar-refractivity contribution >= 4 is 47.5 Å². The highest BCUT2D eigenvalue weighted by Gasteiger charge is 2.41. The number of rotatable bonds is 4. The van der Waals surface area contributed by atoms with E-state index < -0.39 is 15.0 Å². The maximum Gasteiger partial charge on any atom is 0.484 e. The van der Waals surface area contributed by atoms with Crippen molar-refractivity contribution in [3.05, 3.63) is 54.6 Å². The quantitative estimate of drug-likeness (QED) is 0.527. The maximum atomic E-state index is 6.63. The van der Waals surface area contributed by atoms with E-state index in [4.69, 9.17) is 26.6 Å². The van der Waals surface area contributed by atoms with Crippen LogP contribution in [-0.2, 0) is 0 Å². The Balaban J connectivity index is 2.43. The fourth-order valence-electron chi connectivity index (χ4n) is 2.31. The van der Waals surface area contributed by atoms with Crippen LogP contribution in [0, 0.1) is 0 Å². The Morgan fingerprint density at radius 1 is 0.826 bits per heavy atom. The van der Waals surface area contributed by atoms with Gasteiger partial charge in [-0.25, -0.2) is 0 Å². The summed E-state index contributed by atoms with van der Waals surface area (Å²) in [7, 11) is -1.75. The second kappa shape index (κ2) is 6.63. The maximum absolute atomic E-state index is 6.63. The lowest BCUT2D eigenvalue weighted by Gasteiger charge is -2.38. The Hall–Kier alpha value is -0.746. The molecular weight excluding hydrogens is 359 g/mol. The molecule has 0 bridgehead atoms. The molecule has 23 heavy (non-hydrogen) atoms. The van der Waals surface area contributed by atoms with E-state index in [0.717, 1.165) is 10.9 Å². The zero-order valence-electron chi connectivity index (χ0n) is 14.4. The molecule has 0 unspecified atom stereocenters. The van der Waals surface area contributed by atoms with Gasteiger partial charge in [0.15, 0.2) is 0 Å². The Morgan fingerprint density at radius 2 is 1.35 bits per heavy atom. The molecule has 0 saturated heterocycles. The minimum Gasteiger partial charge on any atom is -0.515 e. The van der Waals surface area contributed by atoms with E-state index in [1.54, 1.807) is 0 Å². The van der Waals surface area contributed by atoms with Crippen molar-refractivity contribution in [2.45, 2.75) is 38.9 Å². The van der Waals surface area contributed by atoms with Gasteiger partial charge in [-0.3, -0.25) is 0 Å². The molecule has 0 radical (unpaired) electrons. The van der Waals surface area contributed by atoms with Crippen molar-refractivity contribution in [1.82, 2.24) is 0 Å². The van der Waals surface area contributed by atoms with Gasteiger partial charge in [0.25, 0.3) is 0 Å². The Labute approximate surface area is 151 Å². The molecule has 5 heteroatoms. The highest BCUT2D eigenvalue weighted by Crippen LogP contribution is 2.37. The van der Waals surface area contributed by atoms with Crippen molar-refractivity contribution in [1.29, 1.82) is 0 Å². The molecule has 0 aliphatic heterocycles. The molecule has 0 aliphatic rings. The predicted octanol–water partition coefficient (Wildman–Crippen LogP) is 5.10. The number of hydrogen-bond donors (Lipinski definition) is 0. The zero-order chi connectivity index (χ0) is 17.3. The summed E-state index contributed by atoms with van der Waals surface area (Å²) < 4.78 is 6.21. The number of halogens is 2. The molecule has 0 aromatic heterocycles. The zero-order valence-corrected chi connectivity index (χ0v) is 17.9.